The molecule has 0 N–H and O–H groups in total. The lowest BCUT2D eigenvalue weighted by atomic mass is 10.2. The summed E-state index contributed by atoms with van der Waals surface area (Å²) < 4.78 is 4.95. The summed E-state index contributed by atoms with van der Waals surface area (Å²) in [6.45, 7) is 1.90. The highest BCUT2D eigenvalue weighted by Gasteiger charge is 1.96. The molecule has 0 atom stereocenters. The Kier molecular flexibility index (Phi) is 2.45. The molecule has 1 heterocycles. The fraction of sp³-hybridized carbons (Fsp3) is 0.0833. The molecule has 1 aromatic heterocycles. The Morgan fingerprint density at radius 2 is 1.93 bits per heavy atom. The third-order valence-corrected chi connectivity index (χ3v) is 2.04. The Balaban J connectivity index is 2.20. The van der Waals surface area contributed by atoms with Gasteiger partial charge in [0.05, 0.1) is 6.20 Å². The van der Waals surface area contributed by atoms with Gasteiger partial charge in [-0.3, -0.25) is 0 Å². The molecule has 0 unspecified atom stereocenters. The van der Waals surface area contributed by atoms with Gasteiger partial charge in [-0.05, 0) is 18.6 Å². The van der Waals surface area contributed by atoms with Gasteiger partial charge in [0.25, 0.3) is 0 Å². The molecule has 0 aliphatic rings. The first-order valence-electron chi connectivity index (χ1n) is 4.50. The Morgan fingerprint density at radius 3 is 2.57 bits per heavy atom. The number of nitrogens with zero attached hydrogens (tertiary/aromatic N) is 1. The van der Waals surface area contributed by atoms with Gasteiger partial charge < -0.3 is 4.52 Å². The van der Waals surface area contributed by atoms with Crippen LogP contribution in [0.3, 0.4) is 0 Å². The van der Waals surface area contributed by atoms with E-state index in [9.17, 15) is 0 Å². The lowest BCUT2D eigenvalue weighted by molar-refractivity contribution is 0.397. The predicted molar refractivity (Wildman–Crippen MR) is 56.6 cm³/mol. The molecule has 2 rings (SSSR count). The summed E-state index contributed by atoms with van der Waals surface area (Å²) in [4.78, 5) is 0. The highest BCUT2D eigenvalue weighted by Crippen LogP contribution is 2.11. The van der Waals surface area contributed by atoms with E-state index in [2.05, 4.69) is 17.3 Å². The van der Waals surface area contributed by atoms with E-state index in [1.54, 1.807) is 6.20 Å². The van der Waals surface area contributed by atoms with Gasteiger partial charge in [0.1, 0.15) is 5.76 Å². The summed E-state index contributed by atoms with van der Waals surface area (Å²) in [7, 11) is 0. The van der Waals surface area contributed by atoms with Gasteiger partial charge >= 0.3 is 0 Å². The first-order valence-corrected chi connectivity index (χ1v) is 4.50. The molecule has 0 saturated carbocycles. The molecule has 0 amide bonds. The number of hydrogen-bond acceptors (Lipinski definition) is 2. The number of hydrogen-bond donors (Lipinski definition) is 0. The average Bonchev–Trinajstić information content (AvgIpc) is 2.63. The molecule has 0 radical (unpaired) electrons. The molecule has 2 nitrogen and oxygen atoms in total. The van der Waals surface area contributed by atoms with Crippen molar-refractivity contribution in [3.8, 4) is 0 Å². The zero-order chi connectivity index (χ0) is 9.80. The zero-order valence-corrected chi connectivity index (χ0v) is 7.97. The standard InChI is InChI=1S/C12H11NO/c1-10-12(9-13-14-10)8-7-11-5-3-2-4-6-11/h2-9H,1H3. The van der Waals surface area contributed by atoms with Crippen LogP contribution < -0.4 is 0 Å². The van der Waals surface area contributed by atoms with Gasteiger partial charge in [-0.15, -0.1) is 0 Å². The SMILES string of the molecule is Cc1oncc1C=Cc1ccccc1. The van der Waals surface area contributed by atoms with Gasteiger partial charge in [-0.25, -0.2) is 0 Å². The average molecular weight is 185 g/mol. The Bertz CT molecular complexity index is 429. The van der Waals surface area contributed by atoms with Gasteiger partial charge in [-0.2, -0.15) is 0 Å². The van der Waals surface area contributed by atoms with Crippen LogP contribution in [0.15, 0.2) is 41.1 Å². The molecule has 0 fully saturated rings. The van der Waals surface area contributed by atoms with Crippen LogP contribution in [0.1, 0.15) is 16.9 Å². The third-order valence-electron chi connectivity index (χ3n) is 2.04. The lowest BCUT2D eigenvalue weighted by Crippen LogP contribution is -1.71. The van der Waals surface area contributed by atoms with Gasteiger partial charge in [-0.1, -0.05) is 41.6 Å². The van der Waals surface area contributed by atoms with E-state index in [-0.39, 0.29) is 0 Å². The monoisotopic (exact) mass is 185 g/mol. The minimum absolute atomic E-state index is 0.845. The van der Waals surface area contributed by atoms with E-state index in [0.29, 0.717) is 0 Å². The quantitative estimate of drug-likeness (QED) is 0.718. The molecule has 0 bridgehead atoms. The summed E-state index contributed by atoms with van der Waals surface area (Å²) in [5, 5.41) is 3.71. The van der Waals surface area contributed by atoms with Crippen molar-refractivity contribution in [2.45, 2.75) is 6.92 Å². The van der Waals surface area contributed by atoms with E-state index in [0.717, 1.165) is 11.3 Å². The maximum Gasteiger partial charge on any atom is 0.140 e. The number of aryl methyl sites for hydroxylation is 1. The second kappa shape index (κ2) is 3.92. The summed E-state index contributed by atoms with van der Waals surface area (Å²) in [6, 6.07) is 10.1. The van der Waals surface area contributed by atoms with Gasteiger partial charge in [0.15, 0.2) is 0 Å². The summed E-state index contributed by atoms with van der Waals surface area (Å²) >= 11 is 0. The molecule has 70 valence electrons. The second-order valence-electron chi connectivity index (χ2n) is 3.08. The molecule has 0 aliphatic heterocycles. The highest BCUT2D eigenvalue weighted by molar-refractivity contribution is 5.69. The van der Waals surface area contributed by atoms with Gasteiger partial charge in [0, 0.05) is 5.56 Å². The van der Waals surface area contributed by atoms with E-state index in [1.165, 1.54) is 5.56 Å². The van der Waals surface area contributed by atoms with Crippen LogP contribution in [0, 0.1) is 6.92 Å². The maximum atomic E-state index is 4.95. The van der Waals surface area contributed by atoms with Crippen LogP contribution in [0.25, 0.3) is 12.2 Å². The number of rotatable bonds is 2. The Hall–Kier alpha value is -1.83. The smallest absolute Gasteiger partial charge is 0.140 e. The largest absolute Gasteiger partial charge is 0.361 e. The Labute approximate surface area is 82.9 Å². The van der Waals surface area contributed by atoms with E-state index >= 15 is 0 Å². The summed E-state index contributed by atoms with van der Waals surface area (Å²) in [5.74, 6) is 0.845. The van der Waals surface area contributed by atoms with Crippen LogP contribution in [0.5, 0.6) is 0 Å². The van der Waals surface area contributed by atoms with E-state index in [1.807, 2.05) is 37.3 Å². The second-order valence-corrected chi connectivity index (χ2v) is 3.08. The molecule has 2 aromatic rings. The van der Waals surface area contributed by atoms with Crippen LogP contribution in [-0.4, -0.2) is 5.16 Å². The predicted octanol–water partition coefficient (Wildman–Crippen LogP) is 3.15. The molecule has 0 spiro atoms. The molecular formula is C12H11NO. The molecule has 0 aliphatic carbocycles. The summed E-state index contributed by atoms with van der Waals surface area (Å²) in [6.07, 6.45) is 5.76. The normalized spacial score (nSPS) is 10.9. The maximum absolute atomic E-state index is 4.95. The van der Waals surface area contributed by atoms with E-state index < -0.39 is 0 Å². The highest BCUT2D eigenvalue weighted by atomic mass is 16.5. The van der Waals surface area contributed by atoms with Crippen molar-refractivity contribution in [3.05, 3.63) is 53.4 Å². The van der Waals surface area contributed by atoms with Crippen LogP contribution in [-0.2, 0) is 0 Å². The first-order chi connectivity index (χ1) is 6.86. The zero-order valence-electron chi connectivity index (χ0n) is 7.97. The minimum Gasteiger partial charge on any atom is -0.361 e. The number of aromatic nitrogens is 1. The van der Waals surface area contributed by atoms with Crippen molar-refractivity contribution in [2.75, 3.05) is 0 Å². The van der Waals surface area contributed by atoms with Crippen LogP contribution >= 0.6 is 0 Å². The van der Waals surface area contributed by atoms with E-state index in [4.69, 9.17) is 4.52 Å². The fourth-order valence-electron chi connectivity index (χ4n) is 1.22. The van der Waals surface area contributed by atoms with Crippen molar-refractivity contribution in [3.63, 3.8) is 0 Å². The van der Waals surface area contributed by atoms with Crippen LogP contribution in [0.2, 0.25) is 0 Å². The summed E-state index contributed by atoms with van der Waals surface area (Å²) in [5.41, 5.74) is 2.20. The molecule has 1 aromatic carbocycles. The minimum atomic E-state index is 0.845. The lowest BCUT2D eigenvalue weighted by Gasteiger charge is -1.90. The number of benzene rings is 1. The van der Waals surface area contributed by atoms with Crippen LogP contribution in [0.4, 0.5) is 0 Å². The topological polar surface area (TPSA) is 26.0 Å². The van der Waals surface area contributed by atoms with Gasteiger partial charge in [0.2, 0.25) is 0 Å². The first kappa shape index (κ1) is 8.75. The molecule has 2 heteroatoms. The van der Waals surface area contributed by atoms with Crippen molar-refractivity contribution >= 4 is 12.2 Å². The Morgan fingerprint density at radius 1 is 1.14 bits per heavy atom. The molecular weight excluding hydrogens is 174 g/mol. The fourth-order valence-corrected chi connectivity index (χ4v) is 1.22. The third kappa shape index (κ3) is 1.91. The van der Waals surface area contributed by atoms with Crippen molar-refractivity contribution in [1.29, 1.82) is 0 Å². The van der Waals surface area contributed by atoms with Crippen molar-refractivity contribution in [2.24, 2.45) is 0 Å². The van der Waals surface area contributed by atoms with Crippen molar-refractivity contribution < 1.29 is 4.52 Å². The van der Waals surface area contributed by atoms with Crippen molar-refractivity contribution in [1.82, 2.24) is 5.16 Å². The molecule has 0 saturated heterocycles. The molecule has 14 heavy (non-hydrogen) atoms.